The minimum atomic E-state index is -2.83. The van der Waals surface area contributed by atoms with Gasteiger partial charge in [0.2, 0.25) is 0 Å². The van der Waals surface area contributed by atoms with Crippen molar-refractivity contribution in [2.24, 2.45) is 0 Å². The van der Waals surface area contributed by atoms with Crippen LogP contribution < -0.4 is 0 Å². The Labute approximate surface area is 263 Å². The standard InChI is InChI=1S/C16H38O5Si4.3C4H6O2/c1-15(2)16(17)18-13-12-14-25(19-22(3,4)5,20-23(6,7)8)21-24(9,10)11;3*1-3(2)4(5)6/h1,12-14H2,2-11H3;3*1H2,2H3,(H,5,6). The molecule has 0 aromatic carbocycles. The third-order valence-corrected chi connectivity index (χ3v) is 15.7. The van der Waals surface area contributed by atoms with Crippen molar-refractivity contribution >= 4 is 57.6 Å². The Morgan fingerprint density at radius 3 is 0.930 bits per heavy atom. The molecule has 0 saturated heterocycles. The molecular formula is C28H56O11Si4. The van der Waals surface area contributed by atoms with Crippen molar-refractivity contribution in [3.63, 3.8) is 0 Å². The average molecular weight is 681 g/mol. The molecule has 0 rings (SSSR count). The summed E-state index contributed by atoms with van der Waals surface area (Å²) < 4.78 is 25.0. The van der Waals surface area contributed by atoms with Gasteiger partial charge in [-0.3, -0.25) is 0 Å². The second kappa shape index (κ2) is 21.3. The van der Waals surface area contributed by atoms with Gasteiger partial charge in [0.25, 0.3) is 0 Å². The molecule has 0 aliphatic carbocycles. The lowest BCUT2D eigenvalue weighted by Crippen LogP contribution is -2.60. The van der Waals surface area contributed by atoms with Crippen molar-refractivity contribution in [2.75, 3.05) is 6.61 Å². The first kappa shape index (κ1) is 47.5. The van der Waals surface area contributed by atoms with Gasteiger partial charge < -0.3 is 32.4 Å². The highest BCUT2D eigenvalue weighted by Crippen LogP contribution is 2.29. The average Bonchev–Trinajstić information content (AvgIpc) is 2.73. The Morgan fingerprint density at radius 2 is 0.767 bits per heavy atom. The molecular weight excluding hydrogens is 625 g/mol. The minimum absolute atomic E-state index is 0.176. The molecule has 0 amide bonds. The highest BCUT2D eigenvalue weighted by molar-refractivity contribution is 6.90. The van der Waals surface area contributed by atoms with Crippen LogP contribution >= 0.6 is 0 Å². The molecule has 0 fully saturated rings. The molecule has 0 aromatic heterocycles. The van der Waals surface area contributed by atoms with Gasteiger partial charge >= 0.3 is 32.7 Å². The summed E-state index contributed by atoms with van der Waals surface area (Å²) in [6, 6.07) is 0.676. The lowest BCUT2D eigenvalue weighted by molar-refractivity contribution is -0.139. The predicted molar refractivity (Wildman–Crippen MR) is 182 cm³/mol. The van der Waals surface area contributed by atoms with Crippen molar-refractivity contribution in [3.05, 3.63) is 48.6 Å². The number of esters is 1. The summed E-state index contributed by atoms with van der Waals surface area (Å²) >= 11 is 0. The highest BCUT2D eigenvalue weighted by atomic mass is 28.5. The molecule has 0 bridgehead atoms. The molecule has 0 aliphatic heterocycles. The van der Waals surface area contributed by atoms with E-state index in [1.54, 1.807) is 6.92 Å². The van der Waals surface area contributed by atoms with Crippen LogP contribution in [0.25, 0.3) is 0 Å². The van der Waals surface area contributed by atoms with Crippen molar-refractivity contribution in [3.8, 4) is 0 Å². The molecule has 250 valence electrons. The zero-order chi connectivity index (χ0) is 35.6. The Balaban J connectivity index is -0.000000339. The van der Waals surface area contributed by atoms with Crippen LogP contribution in [0, 0.1) is 0 Å². The van der Waals surface area contributed by atoms with E-state index in [9.17, 15) is 19.2 Å². The molecule has 0 heterocycles. The SMILES string of the molecule is C=C(C)C(=O)O.C=C(C)C(=O)O.C=C(C)C(=O)O.C=C(C)C(=O)OCCC[Si](O[Si](C)(C)C)(O[Si](C)(C)C)O[Si](C)(C)C. The summed E-state index contributed by atoms with van der Waals surface area (Å²) in [7, 11) is -8.40. The van der Waals surface area contributed by atoms with Gasteiger partial charge in [-0.25, -0.2) is 19.2 Å². The maximum atomic E-state index is 11.6. The number of carboxylic acids is 3. The Bertz CT molecular complexity index is 852. The fourth-order valence-electron chi connectivity index (χ4n) is 2.19. The summed E-state index contributed by atoms with van der Waals surface area (Å²) in [6.07, 6.45) is 0.671. The molecule has 3 N–H and O–H groups in total. The normalized spacial score (nSPS) is 11.1. The Hall–Kier alpha value is -2.41. The lowest BCUT2D eigenvalue weighted by Gasteiger charge is -2.42. The number of hydrogen-bond acceptors (Lipinski definition) is 8. The molecule has 15 heteroatoms. The van der Waals surface area contributed by atoms with E-state index in [-0.39, 0.29) is 22.7 Å². The van der Waals surface area contributed by atoms with Gasteiger partial charge in [0.05, 0.1) is 6.61 Å². The van der Waals surface area contributed by atoms with Crippen LogP contribution in [0.2, 0.25) is 65.0 Å². The number of aliphatic carboxylic acids is 3. The van der Waals surface area contributed by atoms with E-state index in [0.29, 0.717) is 24.6 Å². The minimum Gasteiger partial charge on any atom is -0.478 e. The van der Waals surface area contributed by atoms with Crippen LogP contribution in [0.1, 0.15) is 34.1 Å². The van der Waals surface area contributed by atoms with Crippen LogP contribution in [-0.4, -0.2) is 79.6 Å². The van der Waals surface area contributed by atoms with E-state index in [1.165, 1.54) is 20.8 Å². The van der Waals surface area contributed by atoms with Crippen molar-refractivity contribution in [1.82, 2.24) is 0 Å². The van der Waals surface area contributed by atoms with Crippen molar-refractivity contribution in [1.29, 1.82) is 0 Å². The summed E-state index contributed by atoms with van der Waals surface area (Å²) in [5.74, 6) is -3.16. The van der Waals surface area contributed by atoms with Crippen LogP contribution in [0.4, 0.5) is 0 Å². The second-order valence-electron chi connectivity index (χ2n) is 12.6. The van der Waals surface area contributed by atoms with E-state index in [1.807, 2.05) is 0 Å². The third kappa shape index (κ3) is 35.7. The molecule has 0 atom stereocenters. The molecule has 43 heavy (non-hydrogen) atoms. The van der Waals surface area contributed by atoms with E-state index < -0.39 is 51.7 Å². The first-order valence-electron chi connectivity index (χ1n) is 13.5. The predicted octanol–water partition coefficient (Wildman–Crippen LogP) is 6.93. The molecule has 0 aromatic rings. The van der Waals surface area contributed by atoms with Crippen molar-refractivity contribution in [2.45, 2.75) is 99.1 Å². The molecule has 0 aliphatic rings. The monoisotopic (exact) mass is 680 g/mol. The van der Waals surface area contributed by atoms with Gasteiger partial charge in [0.1, 0.15) is 0 Å². The quantitative estimate of drug-likeness (QED) is 0.0753. The first-order chi connectivity index (χ1) is 18.9. The number of hydrogen-bond donors (Lipinski definition) is 3. The molecule has 0 radical (unpaired) electrons. The van der Waals surface area contributed by atoms with Crippen LogP contribution in [-0.2, 0) is 36.3 Å². The van der Waals surface area contributed by atoms with Gasteiger partial charge in [-0.05, 0) is 93.0 Å². The fraction of sp³-hybridized carbons (Fsp3) is 0.571. The topological polar surface area (TPSA) is 166 Å². The smallest absolute Gasteiger partial charge is 0.469 e. The summed E-state index contributed by atoms with van der Waals surface area (Å²) in [6.45, 7) is 38.9. The van der Waals surface area contributed by atoms with E-state index >= 15 is 0 Å². The zero-order valence-corrected chi connectivity index (χ0v) is 32.6. The fourth-order valence-corrected chi connectivity index (χ4v) is 16.8. The number of ether oxygens (including phenoxy) is 1. The highest BCUT2D eigenvalue weighted by Gasteiger charge is 2.49. The largest absolute Gasteiger partial charge is 0.478 e. The molecule has 0 spiro atoms. The number of carbonyl (C=O) groups excluding carboxylic acids is 1. The van der Waals surface area contributed by atoms with Gasteiger partial charge in [0.15, 0.2) is 25.0 Å². The third-order valence-electron chi connectivity index (χ3n) is 3.69. The first-order valence-corrected chi connectivity index (χ1v) is 25.6. The number of carboxylic acid groups (broad SMARTS) is 3. The maximum Gasteiger partial charge on any atom is 0.469 e. The zero-order valence-electron chi connectivity index (χ0n) is 28.6. The van der Waals surface area contributed by atoms with Gasteiger partial charge in [0, 0.05) is 28.3 Å². The van der Waals surface area contributed by atoms with E-state index in [4.69, 9.17) is 32.4 Å². The van der Waals surface area contributed by atoms with Crippen LogP contribution in [0.15, 0.2) is 48.6 Å². The van der Waals surface area contributed by atoms with Crippen LogP contribution in [0.3, 0.4) is 0 Å². The number of rotatable bonds is 14. The lowest BCUT2D eigenvalue weighted by atomic mass is 10.4. The second-order valence-corrected chi connectivity index (χ2v) is 29.6. The van der Waals surface area contributed by atoms with Gasteiger partial charge in [-0.2, -0.15) is 0 Å². The van der Waals surface area contributed by atoms with Crippen LogP contribution in [0.5, 0.6) is 0 Å². The summed E-state index contributed by atoms with van der Waals surface area (Å²) in [5, 5.41) is 23.7. The van der Waals surface area contributed by atoms with Gasteiger partial charge in [-0.15, -0.1) is 0 Å². The summed E-state index contributed by atoms with van der Waals surface area (Å²) in [4.78, 5) is 40.4. The number of carbonyl (C=O) groups is 4. The molecule has 0 unspecified atom stereocenters. The van der Waals surface area contributed by atoms with Crippen molar-refractivity contribution < 1.29 is 51.6 Å². The molecule has 0 saturated carbocycles. The summed E-state index contributed by atoms with van der Waals surface area (Å²) in [5.41, 5.74) is 0.943. The van der Waals surface area contributed by atoms with Gasteiger partial charge in [-0.1, -0.05) is 26.3 Å². The van der Waals surface area contributed by atoms with E-state index in [2.05, 4.69) is 85.2 Å². The maximum absolute atomic E-state index is 11.6. The Kier molecular flexibility index (Phi) is 23.6. The van der Waals surface area contributed by atoms with E-state index in [0.717, 1.165) is 0 Å². The molecule has 11 nitrogen and oxygen atoms in total. The Morgan fingerprint density at radius 1 is 0.535 bits per heavy atom.